The number of carbonyl (C=O) groups is 2. The number of phenols is 1. The number of amides is 1. The van der Waals surface area contributed by atoms with Crippen LogP contribution in [0.4, 0.5) is 0 Å². The Kier molecular flexibility index (Phi) is 4.71. The number of rotatable bonds is 5. The lowest BCUT2D eigenvalue weighted by Gasteiger charge is -2.16. The van der Waals surface area contributed by atoms with Crippen LogP contribution in [-0.2, 0) is 4.79 Å². The predicted octanol–water partition coefficient (Wildman–Crippen LogP) is 1.62. The average Bonchev–Trinajstić information content (AvgIpc) is 2.27. The van der Waals surface area contributed by atoms with E-state index in [1.54, 1.807) is 0 Å². The van der Waals surface area contributed by atoms with Gasteiger partial charge in [-0.25, -0.2) is 4.79 Å². The van der Waals surface area contributed by atoms with Gasteiger partial charge in [-0.05, 0) is 30.5 Å². The van der Waals surface area contributed by atoms with Crippen molar-refractivity contribution in [3.63, 3.8) is 0 Å². The van der Waals surface area contributed by atoms with Crippen LogP contribution >= 0.6 is 0 Å². The molecule has 3 N–H and O–H groups in total. The Bertz CT molecular complexity index is 442. The molecule has 0 radical (unpaired) electrons. The maximum Gasteiger partial charge on any atom is 0.326 e. The van der Waals surface area contributed by atoms with Crippen molar-refractivity contribution in [2.24, 2.45) is 5.92 Å². The van der Waals surface area contributed by atoms with Crippen molar-refractivity contribution < 1.29 is 19.8 Å². The summed E-state index contributed by atoms with van der Waals surface area (Å²) in [4.78, 5) is 22.8. The molecule has 1 amide bonds. The summed E-state index contributed by atoms with van der Waals surface area (Å²) in [5.41, 5.74) is 0.241. The molecule has 0 fully saturated rings. The Balaban J connectivity index is 2.75. The number of hydrogen-bond acceptors (Lipinski definition) is 3. The molecular formula is C13H17NO4. The van der Waals surface area contributed by atoms with E-state index in [1.807, 2.05) is 13.8 Å². The number of carboxylic acids is 1. The Morgan fingerprint density at radius 2 is 2.00 bits per heavy atom. The molecule has 0 aliphatic rings. The summed E-state index contributed by atoms with van der Waals surface area (Å²) >= 11 is 0. The molecule has 5 nitrogen and oxygen atoms in total. The van der Waals surface area contributed by atoms with Gasteiger partial charge in [0.05, 0.1) is 0 Å². The maximum absolute atomic E-state index is 11.8. The number of aromatic hydroxyl groups is 1. The second-order valence-electron chi connectivity index (χ2n) is 4.54. The zero-order chi connectivity index (χ0) is 13.7. The third-order valence-electron chi connectivity index (χ3n) is 2.42. The Hall–Kier alpha value is -2.04. The summed E-state index contributed by atoms with van der Waals surface area (Å²) in [6.07, 6.45) is 0.361. The summed E-state index contributed by atoms with van der Waals surface area (Å²) in [6, 6.07) is 4.87. The van der Waals surface area contributed by atoms with Gasteiger partial charge >= 0.3 is 5.97 Å². The minimum Gasteiger partial charge on any atom is -0.508 e. The summed E-state index contributed by atoms with van der Waals surface area (Å²) in [5.74, 6) is -1.43. The van der Waals surface area contributed by atoms with Gasteiger partial charge in [0.1, 0.15) is 11.8 Å². The molecule has 1 atom stereocenters. The molecular weight excluding hydrogens is 234 g/mol. The lowest BCUT2D eigenvalue weighted by molar-refractivity contribution is -0.139. The minimum atomic E-state index is -1.06. The van der Waals surface area contributed by atoms with E-state index < -0.39 is 17.9 Å². The van der Waals surface area contributed by atoms with Gasteiger partial charge < -0.3 is 15.5 Å². The van der Waals surface area contributed by atoms with Crippen LogP contribution in [0.1, 0.15) is 30.6 Å². The first kappa shape index (κ1) is 14.0. The highest BCUT2D eigenvalue weighted by atomic mass is 16.4. The largest absolute Gasteiger partial charge is 0.508 e. The van der Waals surface area contributed by atoms with E-state index in [2.05, 4.69) is 5.32 Å². The minimum absolute atomic E-state index is 0.0293. The molecule has 1 rings (SSSR count). The van der Waals surface area contributed by atoms with Crippen molar-refractivity contribution in [2.45, 2.75) is 26.3 Å². The Morgan fingerprint density at radius 1 is 1.33 bits per heavy atom. The van der Waals surface area contributed by atoms with Crippen LogP contribution in [0.25, 0.3) is 0 Å². The average molecular weight is 251 g/mol. The highest BCUT2D eigenvalue weighted by Gasteiger charge is 2.21. The molecule has 0 spiro atoms. The van der Waals surface area contributed by atoms with E-state index >= 15 is 0 Å². The van der Waals surface area contributed by atoms with Gasteiger partial charge in [-0.15, -0.1) is 0 Å². The molecule has 1 aromatic rings. The molecule has 1 aromatic carbocycles. The molecule has 18 heavy (non-hydrogen) atoms. The summed E-state index contributed by atoms with van der Waals surface area (Å²) in [7, 11) is 0. The highest BCUT2D eigenvalue weighted by molar-refractivity contribution is 5.96. The Morgan fingerprint density at radius 3 is 2.50 bits per heavy atom. The maximum atomic E-state index is 11.8. The van der Waals surface area contributed by atoms with Crippen molar-refractivity contribution in [3.8, 4) is 5.75 Å². The quantitative estimate of drug-likeness (QED) is 0.742. The molecule has 5 heteroatoms. The van der Waals surface area contributed by atoms with Crippen LogP contribution in [0, 0.1) is 5.92 Å². The molecule has 0 unspecified atom stereocenters. The second-order valence-corrected chi connectivity index (χ2v) is 4.54. The zero-order valence-corrected chi connectivity index (χ0v) is 10.4. The van der Waals surface area contributed by atoms with Crippen molar-refractivity contribution in [1.29, 1.82) is 0 Å². The first-order valence-corrected chi connectivity index (χ1v) is 5.73. The topological polar surface area (TPSA) is 86.6 Å². The van der Waals surface area contributed by atoms with Gasteiger partial charge in [0, 0.05) is 5.56 Å². The lowest BCUT2D eigenvalue weighted by Crippen LogP contribution is -2.41. The second kappa shape index (κ2) is 6.05. The first-order chi connectivity index (χ1) is 8.40. The third kappa shape index (κ3) is 4.08. The Labute approximate surface area is 105 Å². The zero-order valence-electron chi connectivity index (χ0n) is 10.4. The number of benzene rings is 1. The van der Waals surface area contributed by atoms with Gasteiger partial charge in [-0.2, -0.15) is 0 Å². The van der Waals surface area contributed by atoms with Crippen LogP contribution < -0.4 is 5.32 Å². The summed E-state index contributed by atoms with van der Waals surface area (Å²) in [5, 5.41) is 20.7. The number of carbonyl (C=O) groups excluding carboxylic acids is 1. The fourth-order valence-corrected chi connectivity index (χ4v) is 1.58. The van der Waals surface area contributed by atoms with E-state index in [9.17, 15) is 14.7 Å². The number of aliphatic carboxylic acids is 1. The number of nitrogens with one attached hydrogen (secondary N) is 1. The van der Waals surface area contributed by atoms with Gasteiger partial charge in [-0.1, -0.05) is 19.9 Å². The highest BCUT2D eigenvalue weighted by Crippen LogP contribution is 2.12. The third-order valence-corrected chi connectivity index (χ3v) is 2.42. The van der Waals surface area contributed by atoms with Crippen molar-refractivity contribution in [1.82, 2.24) is 5.32 Å². The predicted molar refractivity (Wildman–Crippen MR) is 66.5 cm³/mol. The van der Waals surface area contributed by atoms with Gasteiger partial charge in [0.15, 0.2) is 0 Å². The van der Waals surface area contributed by atoms with E-state index in [0.29, 0.717) is 6.42 Å². The van der Waals surface area contributed by atoms with Gasteiger partial charge in [0.2, 0.25) is 0 Å². The van der Waals surface area contributed by atoms with Crippen molar-refractivity contribution in [3.05, 3.63) is 29.8 Å². The van der Waals surface area contributed by atoms with Gasteiger partial charge in [0.25, 0.3) is 5.91 Å². The molecule has 0 aliphatic carbocycles. The van der Waals surface area contributed by atoms with Crippen LogP contribution in [0.2, 0.25) is 0 Å². The first-order valence-electron chi connectivity index (χ1n) is 5.73. The van der Waals surface area contributed by atoms with Crippen LogP contribution in [0.3, 0.4) is 0 Å². The fraction of sp³-hybridized carbons (Fsp3) is 0.385. The van der Waals surface area contributed by atoms with Crippen LogP contribution in [0.15, 0.2) is 24.3 Å². The monoisotopic (exact) mass is 251 g/mol. The lowest BCUT2D eigenvalue weighted by atomic mass is 10.0. The molecule has 98 valence electrons. The van der Waals surface area contributed by atoms with E-state index in [-0.39, 0.29) is 17.2 Å². The molecule has 0 aliphatic heterocycles. The van der Waals surface area contributed by atoms with Gasteiger partial charge in [-0.3, -0.25) is 4.79 Å². The van der Waals surface area contributed by atoms with E-state index in [0.717, 1.165) is 0 Å². The number of phenolic OH excluding ortho intramolecular Hbond substituents is 1. The standard InChI is InChI=1S/C13H17NO4/c1-8(2)6-11(13(17)18)14-12(16)9-4-3-5-10(15)7-9/h3-5,7-8,11,15H,6H2,1-2H3,(H,14,16)(H,17,18)/t11-/m0/s1. The van der Waals surface area contributed by atoms with E-state index in [4.69, 9.17) is 5.11 Å². The molecule has 0 heterocycles. The summed E-state index contributed by atoms with van der Waals surface area (Å²) in [6.45, 7) is 3.77. The smallest absolute Gasteiger partial charge is 0.326 e. The SMILES string of the molecule is CC(C)C[C@H](NC(=O)c1cccc(O)c1)C(=O)O. The van der Waals surface area contributed by atoms with Crippen molar-refractivity contribution >= 4 is 11.9 Å². The molecule has 0 bridgehead atoms. The normalized spacial score (nSPS) is 12.2. The van der Waals surface area contributed by atoms with Crippen LogP contribution in [-0.4, -0.2) is 28.1 Å². The molecule has 0 aromatic heterocycles. The number of hydrogen-bond donors (Lipinski definition) is 3. The van der Waals surface area contributed by atoms with E-state index in [1.165, 1.54) is 24.3 Å². The molecule has 0 saturated carbocycles. The fourth-order valence-electron chi connectivity index (χ4n) is 1.58. The molecule has 0 saturated heterocycles. The number of carboxylic acid groups (broad SMARTS) is 1. The van der Waals surface area contributed by atoms with Crippen LogP contribution in [0.5, 0.6) is 5.75 Å². The summed E-state index contributed by atoms with van der Waals surface area (Å²) < 4.78 is 0. The van der Waals surface area contributed by atoms with Crippen molar-refractivity contribution in [2.75, 3.05) is 0 Å².